The molecular weight excluding hydrogens is 264 g/mol. The molecule has 2 aromatic carbocycles. The molecule has 0 bridgehead atoms. The van der Waals surface area contributed by atoms with Crippen molar-refractivity contribution in [3.63, 3.8) is 0 Å². The number of anilines is 2. The van der Waals surface area contributed by atoms with Gasteiger partial charge in [0.2, 0.25) is 0 Å². The van der Waals surface area contributed by atoms with Gasteiger partial charge in [-0.15, -0.1) is 0 Å². The summed E-state index contributed by atoms with van der Waals surface area (Å²) in [6, 6.07) is 15.6. The van der Waals surface area contributed by atoms with Gasteiger partial charge in [-0.25, -0.2) is 0 Å². The second-order valence-corrected chi connectivity index (χ2v) is 4.53. The van der Waals surface area contributed by atoms with E-state index in [1.54, 1.807) is 0 Å². The lowest BCUT2D eigenvalue weighted by atomic mass is 10.2. The van der Waals surface area contributed by atoms with Crippen LogP contribution in [0.15, 0.2) is 48.5 Å². The van der Waals surface area contributed by atoms with E-state index in [0.717, 1.165) is 22.9 Å². The molecule has 0 aliphatic heterocycles. The van der Waals surface area contributed by atoms with Gasteiger partial charge < -0.3 is 26.8 Å². The minimum Gasteiger partial charge on any atom is -0.453 e. The number of ether oxygens (including phenoxy) is 1. The van der Waals surface area contributed by atoms with E-state index in [1.165, 1.54) is 0 Å². The largest absolute Gasteiger partial charge is 0.453 e. The molecule has 0 atom stereocenters. The Morgan fingerprint density at radius 3 is 1.57 bits per heavy atom. The van der Waals surface area contributed by atoms with Gasteiger partial charge in [0.1, 0.15) is 0 Å². The van der Waals surface area contributed by atoms with Crippen LogP contribution in [-0.2, 0) is 0 Å². The van der Waals surface area contributed by atoms with Crippen LogP contribution in [0.4, 0.5) is 11.4 Å². The highest BCUT2D eigenvalue weighted by Gasteiger charge is 2.07. The van der Waals surface area contributed by atoms with Crippen LogP contribution in [-0.4, -0.2) is 26.2 Å². The van der Waals surface area contributed by atoms with Crippen molar-refractivity contribution in [1.82, 2.24) is 0 Å². The average Bonchev–Trinajstić information content (AvgIpc) is 2.53. The summed E-state index contributed by atoms with van der Waals surface area (Å²) in [5.74, 6) is 1.54. The first-order chi connectivity index (χ1) is 10.3. The smallest absolute Gasteiger partial charge is 0.150 e. The molecule has 2 aromatic rings. The lowest BCUT2D eigenvalue weighted by Gasteiger charge is -2.15. The normalized spacial score (nSPS) is 10.2. The highest BCUT2D eigenvalue weighted by atomic mass is 16.5. The summed E-state index contributed by atoms with van der Waals surface area (Å²) >= 11 is 0. The summed E-state index contributed by atoms with van der Waals surface area (Å²) in [6.07, 6.45) is 0. The molecule has 6 N–H and O–H groups in total. The minimum absolute atomic E-state index is 0.572. The number of benzene rings is 2. The molecule has 112 valence electrons. The number of rotatable bonds is 8. The molecule has 2 rings (SSSR count). The van der Waals surface area contributed by atoms with E-state index in [1.807, 2.05) is 48.5 Å². The van der Waals surface area contributed by atoms with E-state index in [4.69, 9.17) is 16.2 Å². The second kappa shape index (κ2) is 8.14. The van der Waals surface area contributed by atoms with Crippen LogP contribution in [0.5, 0.6) is 11.5 Å². The van der Waals surface area contributed by atoms with Gasteiger partial charge in [-0.2, -0.15) is 0 Å². The Kier molecular flexibility index (Phi) is 5.87. The first-order valence-electron chi connectivity index (χ1n) is 7.09. The van der Waals surface area contributed by atoms with Gasteiger partial charge >= 0.3 is 0 Å². The summed E-state index contributed by atoms with van der Waals surface area (Å²) in [5.41, 5.74) is 12.9. The zero-order valence-corrected chi connectivity index (χ0v) is 12.0. The van der Waals surface area contributed by atoms with Crippen molar-refractivity contribution in [3.8, 4) is 11.5 Å². The average molecular weight is 286 g/mol. The van der Waals surface area contributed by atoms with Crippen LogP contribution >= 0.6 is 0 Å². The van der Waals surface area contributed by atoms with Crippen molar-refractivity contribution in [2.24, 2.45) is 11.5 Å². The molecule has 0 saturated heterocycles. The molecule has 0 saturated carbocycles. The fraction of sp³-hybridized carbons (Fsp3) is 0.250. The maximum atomic E-state index is 6.03. The quantitative estimate of drug-likeness (QED) is 0.598. The molecule has 0 amide bonds. The predicted molar refractivity (Wildman–Crippen MR) is 88.0 cm³/mol. The van der Waals surface area contributed by atoms with Crippen molar-refractivity contribution < 1.29 is 4.74 Å². The Bertz CT molecular complexity index is 510. The number of para-hydroxylation sites is 4. The molecule has 0 aliphatic rings. The predicted octanol–water partition coefficient (Wildman–Crippen LogP) is 2.22. The summed E-state index contributed by atoms with van der Waals surface area (Å²) in [5, 5.41) is 6.51. The minimum atomic E-state index is 0.572. The van der Waals surface area contributed by atoms with Crippen LogP contribution in [0.25, 0.3) is 0 Å². The van der Waals surface area contributed by atoms with E-state index < -0.39 is 0 Å². The van der Waals surface area contributed by atoms with Crippen LogP contribution < -0.4 is 26.8 Å². The van der Waals surface area contributed by atoms with Gasteiger partial charge in [0.05, 0.1) is 11.4 Å². The molecule has 21 heavy (non-hydrogen) atoms. The highest BCUT2D eigenvalue weighted by molar-refractivity contribution is 5.62. The first kappa shape index (κ1) is 15.2. The fourth-order valence-corrected chi connectivity index (χ4v) is 1.94. The topological polar surface area (TPSA) is 85.3 Å². The SMILES string of the molecule is NCCNc1ccccc1Oc1ccccc1NCCN. The number of hydrogen-bond donors (Lipinski definition) is 4. The zero-order valence-electron chi connectivity index (χ0n) is 12.0. The Hall–Kier alpha value is -2.24. The molecule has 5 heteroatoms. The van der Waals surface area contributed by atoms with Crippen molar-refractivity contribution in [2.45, 2.75) is 0 Å². The van der Waals surface area contributed by atoms with Crippen LogP contribution in [0.2, 0.25) is 0 Å². The number of hydrogen-bond acceptors (Lipinski definition) is 5. The Morgan fingerprint density at radius 2 is 1.14 bits per heavy atom. The first-order valence-corrected chi connectivity index (χ1v) is 7.09. The highest BCUT2D eigenvalue weighted by Crippen LogP contribution is 2.33. The molecule has 0 fully saturated rings. The standard InChI is InChI=1S/C16H22N4O/c17-9-11-19-13-5-1-3-7-15(13)21-16-8-4-2-6-14(16)20-12-10-18/h1-8,19-20H,9-12,17-18H2. The molecule has 0 spiro atoms. The van der Waals surface area contributed by atoms with Crippen molar-refractivity contribution >= 4 is 11.4 Å². The summed E-state index contributed by atoms with van der Waals surface area (Å²) in [7, 11) is 0. The third-order valence-electron chi connectivity index (χ3n) is 2.91. The van der Waals surface area contributed by atoms with Gasteiger partial charge in [-0.05, 0) is 24.3 Å². The third kappa shape index (κ3) is 4.37. The lowest BCUT2D eigenvalue weighted by molar-refractivity contribution is 0.486. The van der Waals surface area contributed by atoms with Gasteiger partial charge in [0.25, 0.3) is 0 Å². The number of nitrogens with two attached hydrogens (primary N) is 2. The van der Waals surface area contributed by atoms with Crippen LogP contribution in [0, 0.1) is 0 Å². The maximum absolute atomic E-state index is 6.03. The Labute approximate surface area is 125 Å². The summed E-state index contributed by atoms with van der Waals surface area (Å²) in [4.78, 5) is 0. The van der Waals surface area contributed by atoms with Crippen molar-refractivity contribution in [2.75, 3.05) is 36.8 Å². The van der Waals surface area contributed by atoms with Gasteiger partial charge in [0.15, 0.2) is 11.5 Å². The zero-order chi connectivity index (χ0) is 14.9. The van der Waals surface area contributed by atoms with Gasteiger partial charge in [0, 0.05) is 26.2 Å². The summed E-state index contributed by atoms with van der Waals surface area (Å²) in [6.45, 7) is 2.55. The van der Waals surface area contributed by atoms with Gasteiger partial charge in [-0.3, -0.25) is 0 Å². The van der Waals surface area contributed by atoms with Crippen LogP contribution in [0.3, 0.4) is 0 Å². The van der Waals surface area contributed by atoms with Crippen molar-refractivity contribution in [1.29, 1.82) is 0 Å². The van der Waals surface area contributed by atoms with Crippen molar-refractivity contribution in [3.05, 3.63) is 48.5 Å². The molecule has 0 heterocycles. The molecule has 0 unspecified atom stereocenters. The maximum Gasteiger partial charge on any atom is 0.150 e. The lowest BCUT2D eigenvalue weighted by Crippen LogP contribution is -2.14. The van der Waals surface area contributed by atoms with E-state index in [2.05, 4.69) is 10.6 Å². The molecular formula is C16H22N4O. The molecule has 5 nitrogen and oxygen atoms in total. The molecule has 0 aliphatic carbocycles. The fourth-order valence-electron chi connectivity index (χ4n) is 1.94. The van der Waals surface area contributed by atoms with E-state index >= 15 is 0 Å². The van der Waals surface area contributed by atoms with Gasteiger partial charge in [-0.1, -0.05) is 24.3 Å². The van der Waals surface area contributed by atoms with Crippen LogP contribution in [0.1, 0.15) is 0 Å². The monoisotopic (exact) mass is 286 g/mol. The summed E-state index contributed by atoms with van der Waals surface area (Å²) < 4.78 is 6.03. The Balaban J connectivity index is 2.18. The third-order valence-corrected chi connectivity index (χ3v) is 2.91. The molecule has 0 radical (unpaired) electrons. The second-order valence-electron chi connectivity index (χ2n) is 4.53. The molecule has 0 aromatic heterocycles. The number of nitrogens with one attached hydrogen (secondary N) is 2. The van der Waals surface area contributed by atoms with E-state index in [-0.39, 0.29) is 0 Å². The Morgan fingerprint density at radius 1 is 0.714 bits per heavy atom. The van der Waals surface area contributed by atoms with E-state index in [9.17, 15) is 0 Å². The van der Waals surface area contributed by atoms with E-state index in [0.29, 0.717) is 26.2 Å².